The first-order valence-corrected chi connectivity index (χ1v) is 8.54. The molecule has 2 saturated heterocycles. The molecule has 2 aliphatic heterocycles. The van der Waals surface area contributed by atoms with Crippen molar-refractivity contribution in [2.75, 3.05) is 12.3 Å². The van der Waals surface area contributed by atoms with E-state index >= 15 is 0 Å². The Morgan fingerprint density at radius 3 is 2.87 bits per heavy atom. The van der Waals surface area contributed by atoms with Gasteiger partial charge in [-0.25, -0.2) is 0 Å². The number of carbonyl (C=O) groups excluding carboxylic acids is 2. The molecule has 0 radical (unpaired) electrons. The zero-order valence-electron chi connectivity index (χ0n) is 13.0. The smallest absolute Gasteiger partial charge is 0.243 e. The van der Waals surface area contributed by atoms with Gasteiger partial charge in [-0.1, -0.05) is 30.3 Å². The van der Waals surface area contributed by atoms with Crippen LogP contribution in [-0.4, -0.2) is 39.9 Å². The Hall–Kier alpha value is -1.24. The summed E-state index contributed by atoms with van der Waals surface area (Å²) in [7, 11) is 0. The van der Waals surface area contributed by atoms with Crippen LogP contribution >= 0.6 is 24.2 Å². The van der Waals surface area contributed by atoms with Gasteiger partial charge in [-0.15, -0.1) is 24.2 Å². The monoisotopic (exact) mass is 355 g/mol. The molecule has 5 nitrogen and oxygen atoms in total. The largest absolute Gasteiger partial charge is 0.352 e. The number of nitrogens with zero attached hydrogens (tertiary/aromatic N) is 1. The van der Waals surface area contributed by atoms with E-state index in [-0.39, 0.29) is 41.2 Å². The minimum absolute atomic E-state index is 0. The van der Waals surface area contributed by atoms with E-state index in [0.29, 0.717) is 18.7 Å². The molecule has 0 aromatic heterocycles. The van der Waals surface area contributed by atoms with E-state index in [2.05, 4.69) is 5.32 Å². The van der Waals surface area contributed by atoms with Crippen molar-refractivity contribution >= 4 is 36.0 Å². The van der Waals surface area contributed by atoms with Crippen molar-refractivity contribution < 1.29 is 9.59 Å². The van der Waals surface area contributed by atoms with Crippen molar-refractivity contribution in [2.45, 2.75) is 36.7 Å². The summed E-state index contributed by atoms with van der Waals surface area (Å²) in [5.41, 5.74) is 7.09. The second-order valence-corrected chi connectivity index (χ2v) is 7.53. The zero-order valence-corrected chi connectivity index (χ0v) is 14.7. The fourth-order valence-corrected chi connectivity index (χ4v) is 4.59. The van der Waals surface area contributed by atoms with Gasteiger partial charge in [0.1, 0.15) is 6.04 Å². The van der Waals surface area contributed by atoms with E-state index in [9.17, 15) is 9.59 Å². The van der Waals surface area contributed by atoms with Crippen LogP contribution in [0.5, 0.6) is 0 Å². The molecule has 3 N–H and O–H groups in total. The third-order valence-electron chi connectivity index (χ3n) is 4.47. The van der Waals surface area contributed by atoms with Crippen LogP contribution in [0.2, 0.25) is 0 Å². The van der Waals surface area contributed by atoms with Gasteiger partial charge < -0.3 is 16.0 Å². The second kappa shape index (κ2) is 7.11. The maximum absolute atomic E-state index is 12.4. The van der Waals surface area contributed by atoms with Crippen LogP contribution in [0.25, 0.3) is 0 Å². The quantitative estimate of drug-likeness (QED) is 0.861. The van der Waals surface area contributed by atoms with Gasteiger partial charge in [0.25, 0.3) is 0 Å². The molecule has 126 valence electrons. The number of halogens is 1. The molecule has 1 aromatic carbocycles. The number of amides is 2. The first kappa shape index (κ1) is 18.1. The van der Waals surface area contributed by atoms with Crippen molar-refractivity contribution in [1.29, 1.82) is 0 Å². The topological polar surface area (TPSA) is 75.4 Å². The maximum atomic E-state index is 12.4. The first-order chi connectivity index (χ1) is 10.5. The van der Waals surface area contributed by atoms with Crippen molar-refractivity contribution in [3.8, 4) is 0 Å². The van der Waals surface area contributed by atoms with E-state index < -0.39 is 0 Å². The van der Waals surface area contributed by atoms with Gasteiger partial charge in [-0.3, -0.25) is 9.59 Å². The SMILES string of the molecule is CC12CCC(=O)N1C(C(=O)NCC(N)c1ccccc1)CS2.Cl. The number of hydrogen-bond acceptors (Lipinski definition) is 4. The van der Waals surface area contributed by atoms with E-state index in [1.54, 1.807) is 16.7 Å². The highest BCUT2D eigenvalue weighted by Crippen LogP contribution is 2.47. The van der Waals surface area contributed by atoms with Crippen LogP contribution in [0.15, 0.2) is 30.3 Å². The lowest BCUT2D eigenvalue weighted by Crippen LogP contribution is -2.50. The van der Waals surface area contributed by atoms with Crippen molar-refractivity contribution in [2.24, 2.45) is 5.73 Å². The van der Waals surface area contributed by atoms with Crippen LogP contribution in [0, 0.1) is 0 Å². The number of nitrogens with one attached hydrogen (secondary N) is 1. The number of rotatable bonds is 4. The number of benzene rings is 1. The number of nitrogens with two attached hydrogens (primary N) is 1. The van der Waals surface area contributed by atoms with Gasteiger partial charge in [-0.05, 0) is 18.9 Å². The van der Waals surface area contributed by atoms with Gasteiger partial charge in [-0.2, -0.15) is 0 Å². The van der Waals surface area contributed by atoms with Gasteiger partial charge in [0, 0.05) is 24.8 Å². The highest BCUT2D eigenvalue weighted by Gasteiger charge is 2.52. The number of carbonyl (C=O) groups is 2. The minimum Gasteiger partial charge on any atom is -0.352 e. The Bertz CT molecular complexity index is 586. The average Bonchev–Trinajstić information content (AvgIpc) is 3.02. The van der Waals surface area contributed by atoms with Crippen molar-refractivity contribution in [1.82, 2.24) is 10.2 Å². The Morgan fingerprint density at radius 1 is 1.48 bits per heavy atom. The summed E-state index contributed by atoms with van der Waals surface area (Å²) >= 11 is 1.70. The lowest BCUT2D eigenvalue weighted by Gasteiger charge is -2.30. The molecule has 23 heavy (non-hydrogen) atoms. The minimum atomic E-state index is -0.368. The number of thioether (sulfide) groups is 1. The summed E-state index contributed by atoms with van der Waals surface area (Å²) in [4.78, 5) is 26.0. The predicted octanol–water partition coefficient (Wildman–Crippen LogP) is 1.68. The highest BCUT2D eigenvalue weighted by atomic mass is 35.5. The highest BCUT2D eigenvalue weighted by molar-refractivity contribution is 8.01. The van der Waals surface area contributed by atoms with Crippen molar-refractivity contribution in [3.63, 3.8) is 0 Å². The molecular formula is C16H22ClN3O2S. The van der Waals surface area contributed by atoms with Gasteiger partial charge in [0.2, 0.25) is 11.8 Å². The molecule has 7 heteroatoms. The van der Waals surface area contributed by atoms with Crippen LogP contribution in [0.3, 0.4) is 0 Å². The normalized spacial score (nSPS) is 27.3. The van der Waals surface area contributed by atoms with Crippen LogP contribution in [-0.2, 0) is 9.59 Å². The Balaban J connectivity index is 0.00000192. The van der Waals surface area contributed by atoms with E-state index in [1.165, 1.54) is 0 Å². The Morgan fingerprint density at radius 2 is 2.17 bits per heavy atom. The fraction of sp³-hybridized carbons (Fsp3) is 0.500. The molecular weight excluding hydrogens is 334 g/mol. The fourth-order valence-electron chi connectivity index (χ4n) is 3.16. The Labute approximate surface area is 146 Å². The van der Waals surface area contributed by atoms with E-state index in [1.807, 2.05) is 37.3 Å². The summed E-state index contributed by atoms with van der Waals surface area (Å²) in [5, 5.41) is 2.90. The molecule has 2 aliphatic rings. The number of fused-ring (bicyclic) bond motifs is 1. The molecule has 3 atom stereocenters. The van der Waals surface area contributed by atoms with Gasteiger partial charge >= 0.3 is 0 Å². The number of hydrogen-bond donors (Lipinski definition) is 2. The molecule has 2 heterocycles. The zero-order chi connectivity index (χ0) is 15.7. The molecule has 0 bridgehead atoms. The van der Waals surface area contributed by atoms with Gasteiger partial charge in [0.15, 0.2) is 0 Å². The van der Waals surface area contributed by atoms with E-state index in [4.69, 9.17) is 5.73 Å². The lowest BCUT2D eigenvalue weighted by atomic mass is 10.1. The summed E-state index contributed by atoms with van der Waals surface area (Å²) in [6.07, 6.45) is 1.36. The third kappa shape index (κ3) is 3.49. The molecule has 1 aromatic rings. The standard InChI is InChI=1S/C16H21N3O2S.ClH/c1-16-8-7-14(20)19(16)13(10-22-16)15(21)18-9-12(17)11-5-3-2-4-6-11;/h2-6,12-13H,7-10,17H2,1H3,(H,18,21);1H. The molecule has 0 spiro atoms. The van der Waals surface area contributed by atoms with E-state index in [0.717, 1.165) is 12.0 Å². The van der Waals surface area contributed by atoms with Crippen LogP contribution in [0.1, 0.15) is 31.4 Å². The molecule has 3 unspecified atom stereocenters. The van der Waals surface area contributed by atoms with Crippen LogP contribution in [0.4, 0.5) is 0 Å². The molecule has 2 amide bonds. The second-order valence-electron chi connectivity index (χ2n) is 6.03. The Kier molecular flexibility index (Phi) is 5.60. The third-order valence-corrected chi connectivity index (χ3v) is 5.98. The van der Waals surface area contributed by atoms with Crippen molar-refractivity contribution in [3.05, 3.63) is 35.9 Å². The summed E-state index contributed by atoms with van der Waals surface area (Å²) in [5.74, 6) is 0.645. The lowest BCUT2D eigenvalue weighted by molar-refractivity contribution is -0.137. The molecule has 0 saturated carbocycles. The maximum Gasteiger partial charge on any atom is 0.243 e. The molecule has 2 fully saturated rings. The summed E-state index contributed by atoms with van der Waals surface area (Å²) < 4.78 is 0. The van der Waals surface area contributed by atoms with Gasteiger partial charge in [0.05, 0.1) is 4.87 Å². The summed E-state index contributed by atoms with van der Waals surface area (Å²) in [6.45, 7) is 2.42. The molecule has 0 aliphatic carbocycles. The summed E-state index contributed by atoms with van der Waals surface area (Å²) in [6, 6.07) is 9.09. The average molecular weight is 356 g/mol. The molecule has 3 rings (SSSR count). The first-order valence-electron chi connectivity index (χ1n) is 7.55. The predicted molar refractivity (Wildman–Crippen MR) is 94.4 cm³/mol. The van der Waals surface area contributed by atoms with Crippen LogP contribution < -0.4 is 11.1 Å².